The monoisotopic (exact) mass is 562 g/mol. The molecule has 4 unspecified atom stereocenters. The van der Waals surface area contributed by atoms with Gasteiger partial charge in [0, 0.05) is 37.6 Å². The molecule has 0 aromatic rings. The van der Waals surface area contributed by atoms with Crippen LogP contribution in [0.15, 0.2) is 0 Å². The van der Waals surface area contributed by atoms with Crippen LogP contribution in [0.3, 0.4) is 0 Å². The molecular formula is C24H42N4O9S. The van der Waals surface area contributed by atoms with Gasteiger partial charge in [-0.25, -0.2) is 9.59 Å². The summed E-state index contributed by atoms with van der Waals surface area (Å²) in [4.78, 5) is 48.5. The third kappa shape index (κ3) is 11.7. The SMILES string of the molecule is COC(=O)C(CO)NC(=O)COCCOCCOCCCN(C)C(=O)CCCCC1SCC2NC(=O)NC21. The molecule has 0 aliphatic carbocycles. The van der Waals surface area contributed by atoms with Crippen molar-refractivity contribution >= 4 is 35.6 Å². The van der Waals surface area contributed by atoms with Crippen molar-refractivity contribution in [3.05, 3.63) is 0 Å². The van der Waals surface area contributed by atoms with Gasteiger partial charge in [0.1, 0.15) is 6.61 Å². The molecule has 2 heterocycles. The number of ether oxygens (including phenoxy) is 4. The second kappa shape index (κ2) is 18.2. The zero-order chi connectivity index (χ0) is 27.8. The Morgan fingerprint density at radius 1 is 1.08 bits per heavy atom. The molecule has 0 saturated carbocycles. The summed E-state index contributed by atoms with van der Waals surface area (Å²) in [7, 11) is 2.97. The van der Waals surface area contributed by atoms with E-state index in [1.54, 1.807) is 4.90 Å². The molecule has 4 N–H and O–H groups in total. The summed E-state index contributed by atoms with van der Waals surface area (Å²) in [6.07, 6.45) is 4.08. The maximum absolute atomic E-state index is 12.3. The Morgan fingerprint density at radius 3 is 2.50 bits per heavy atom. The molecule has 218 valence electrons. The van der Waals surface area contributed by atoms with Crippen LogP contribution >= 0.6 is 11.8 Å². The van der Waals surface area contributed by atoms with Gasteiger partial charge in [-0.15, -0.1) is 0 Å². The van der Waals surface area contributed by atoms with Crippen molar-refractivity contribution in [3.8, 4) is 0 Å². The van der Waals surface area contributed by atoms with E-state index in [0.717, 1.165) is 31.4 Å². The molecule has 0 aromatic carbocycles. The van der Waals surface area contributed by atoms with E-state index in [1.165, 1.54) is 7.11 Å². The number of aliphatic hydroxyl groups excluding tert-OH is 1. The van der Waals surface area contributed by atoms with Crippen LogP contribution in [-0.2, 0) is 33.3 Å². The van der Waals surface area contributed by atoms with E-state index >= 15 is 0 Å². The summed E-state index contributed by atoms with van der Waals surface area (Å²) >= 11 is 1.89. The number of carbonyl (C=O) groups excluding carboxylic acids is 4. The second-order valence-electron chi connectivity index (χ2n) is 9.14. The number of aliphatic hydroxyl groups is 1. The Labute approximate surface area is 228 Å². The quantitative estimate of drug-likeness (QED) is 0.0844. The van der Waals surface area contributed by atoms with Gasteiger partial charge in [0.05, 0.1) is 52.2 Å². The van der Waals surface area contributed by atoms with Gasteiger partial charge in [-0.2, -0.15) is 11.8 Å². The Balaban J connectivity index is 1.36. The molecule has 2 saturated heterocycles. The maximum atomic E-state index is 12.3. The van der Waals surface area contributed by atoms with E-state index in [2.05, 4.69) is 20.7 Å². The number of esters is 1. The highest BCUT2D eigenvalue weighted by Gasteiger charge is 2.42. The van der Waals surface area contributed by atoms with E-state index in [-0.39, 0.29) is 43.8 Å². The fourth-order valence-electron chi connectivity index (χ4n) is 4.15. The molecular weight excluding hydrogens is 520 g/mol. The molecule has 4 atom stereocenters. The summed E-state index contributed by atoms with van der Waals surface area (Å²) < 4.78 is 20.5. The summed E-state index contributed by atoms with van der Waals surface area (Å²) in [5.41, 5.74) is 0. The number of thioether (sulfide) groups is 1. The number of hydrogen-bond acceptors (Lipinski definition) is 10. The molecule has 13 nitrogen and oxygen atoms in total. The molecule has 0 radical (unpaired) electrons. The number of methoxy groups -OCH3 is 1. The summed E-state index contributed by atoms with van der Waals surface area (Å²) in [5.74, 6) is -0.190. The van der Waals surface area contributed by atoms with Crippen LogP contribution in [0.1, 0.15) is 32.1 Å². The first-order valence-corrected chi connectivity index (χ1v) is 14.0. The Hall–Kier alpha value is -2.13. The average Bonchev–Trinajstić information content (AvgIpc) is 3.46. The standard InChI is InChI=1S/C24H42N4O9S/c1-28(21(31)7-4-3-6-19-22-18(16-38-19)26-24(33)27-22)8-5-9-35-10-11-36-12-13-37-15-20(30)25-17(14-29)23(32)34-2/h17-19,22,29H,3-16H2,1-2H3,(H,25,30)(H2,26,27,33). The third-order valence-corrected chi connectivity index (χ3v) is 7.76. The number of unbranched alkanes of at least 4 members (excludes halogenated alkanes) is 1. The number of amides is 4. The minimum Gasteiger partial charge on any atom is -0.467 e. The predicted molar refractivity (Wildman–Crippen MR) is 140 cm³/mol. The molecule has 2 rings (SSSR count). The van der Waals surface area contributed by atoms with Crippen LogP contribution in [0.2, 0.25) is 0 Å². The smallest absolute Gasteiger partial charge is 0.330 e. The minimum absolute atomic E-state index is 0.0691. The van der Waals surface area contributed by atoms with Crippen molar-refractivity contribution in [2.45, 2.75) is 55.5 Å². The van der Waals surface area contributed by atoms with Crippen LogP contribution < -0.4 is 16.0 Å². The molecule has 0 spiro atoms. The summed E-state index contributed by atoms with van der Waals surface area (Å²) in [6.45, 7) is 1.57. The largest absolute Gasteiger partial charge is 0.467 e. The molecule has 0 aromatic heterocycles. The fraction of sp³-hybridized carbons (Fsp3) is 0.833. The van der Waals surface area contributed by atoms with Gasteiger partial charge in [0.15, 0.2) is 6.04 Å². The topological polar surface area (TPSA) is 165 Å². The number of nitrogens with one attached hydrogen (secondary N) is 3. The Morgan fingerprint density at radius 2 is 1.79 bits per heavy atom. The second-order valence-corrected chi connectivity index (χ2v) is 10.4. The van der Waals surface area contributed by atoms with E-state index in [0.29, 0.717) is 38.0 Å². The van der Waals surface area contributed by atoms with Crippen molar-refractivity contribution in [2.24, 2.45) is 0 Å². The lowest BCUT2D eigenvalue weighted by atomic mass is 10.0. The normalized spacial score (nSPS) is 20.8. The zero-order valence-corrected chi connectivity index (χ0v) is 23.1. The van der Waals surface area contributed by atoms with Gasteiger partial charge in [0.2, 0.25) is 11.8 Å². The highest BCUT2D eigenvalue weighted by molar-refractivity contribution is 8.00. The maximum Gasteiger partial charge on any atom is 0.330 e. The van der Waals surface area contributed by atoms with Gasteiger partial charge < -0.3 is 44.9 Å². The first-order chi connectivity index (χ1) is 18.3. The first kappa shape index (κ1) is 32.1. The minimum atomic E-state index is -1.11. The van der Waals surface area contributed by atoms with Crippen LogP contribution in [0.5, 0.6) is 0 Å². The highest BCUT2D eigenvalue weighted by atomic mass is 32.2. The average molecular weight is 563 g/mol. The van der Waals surface area contributed by atoms with Crippen molar-refractivity contribution in [1.29, 1.82) is 0 Å². The van der Waals surface area contributed by atoms with E-state index in [4.69, 9.17) is 19.3 Å². The number of carbonyl (C=O) groups is 4. The van der Waals surface area contributed by atoms with Crippen LogP contribution in [-0.4, -0.2) is 130 Å². The highest BCUT2D eigenvalue weighted by Crippen LogP contribution is 2.33. The number of nitrogens with zero attached hydrogens (tertiary/aromatic N) is 1. The van der Waals surface area contributed by atoms with Crippen molar-refractivity contribution in [3.63, 3.8) is 0 Å². The molecule has 2 aliphatic heterocycles. The van der Waals surface area contributed by atoms with Crippen molar-refractivity contribution < 1.29 is 43.2 Å². The van der Waals surface area contributed by atoms with E-state index < -0.39 is 24.5 Å². The van der Waals surface area contributed by atoms with Crippen molar-refractivity contribution in [2.75, 3.05) is 72.7 Å². The lowest BCUT2D eigenvalue weighted by Crippen LogP contribution is -2.45. The molecule has 4 amide bonds. The van der Waals surface area contributed by atoms with Gasteiger partial charge >= 0.3 is 12.0 Å². The lowest BCUT2D eigenvalue weighted by molar-refractivity contribution is -0.146. The third-order valence-electron chi connectivity index (χ3n) is 6.26. The van der Waals surface area contributed by atoms with Crippen LogP contribution in [0.25, 0.3) is 0 Å². The number of rotatable bonds is 20. The first-order valence-electron chi connectivity index (χ1n) is 13.0. The molecule has 38 heavy (non-hydrogen) atoms. The number of hydrogen-bond donors (Lipinski definition) is 4. The van der Waals surface area contributed by atoms with E-state index in [1.807, 2.05) is 18.8 Å². The Kier molecular flexibility index (Phi) is 15.4. The van der Waals surface area contributed by atoms with Crippen molar-refractivity contribution in [1.82, 2.24) is 20.9 Å². The lowest BCUT2D eigenvalue weighted by Gasteiger charge is -2.18. The van der Waals surface area contributed by atoms with Gasteiger partial charge in [-0.1, -0.05) is 6.42 Å². The number of urea groups is 1. The van der Waals surface area contributed by atoms with Gasteiger partial charge in [-0.05, 0) is 19.3 Å². The van der Waals surface area contributed by atoms with Gasteiger partial charge in [0.25, 0.3) is 0 Å². The summed E-state index contributed by atoms with van der Waals surface area (Å²) in [6, 6.07) is -0.732. The zero-order valence-electron chi connectivity index (χ0n) is 22.3. The van der Waals surface area contributed by atoms with Crippen LogP contribution in [0, 0.1) is 0 Å². The van der Waals surface area contributed by atoms with Gasteiger partial charge in [-0.3, -0.25) is 9.59 Å². The fourth-order valence-corrected chi connectivity index (χ4v) is 5.69. The Bertz CT molecular complexity index is 760. The predicted octanol–water partition coefficient (Wildman–Crippen LogP) is -0.739. The van der Waals surface area contributed by atoms with E-state index in [9.17, 15) is 19.2 Å². The molecule has 14 heteroatoms. The molecule has 0 bridgehead atoms. The van der Waals surface area contributed by atoms with Crippen LogP contribution in [0.4, 0.5) is 4.79 Å². The molecule has 2 fully saturated rings. The summed E-state index contributed by atoms with van der Waals surface area (Å²) in [5, 5.41) is 17.7. The number of fused-ring (bicyclic) bond motifs is 1. The molecule has 2 aliphatic rings.